The summed E-state index contributed by atoms with van der Waals surface area (Å²) in [5.74, 6) is 1.08. The fourth-order valence-electron chi connectivity index (χ4n) is 3.14. The number of thioether (sulfide) groups is 1. The topological polar surface area (TPSA) is 12.4 Å². The number of aliphatic imine (C=N–C) groups is 1. The van der Waals surface area contributed by atoms with Crippen LogP contribution < -0.4 is 0 Å². The van der Waals surface area contributed by atoms with Crippen LogP contribution in [0.3, 0.4) is 0 Å². The zero-order valence-electron chi connectivity index (χ0n) is 14.1. The summed E-state index contributed by atoms with van der Waals surface area (Å²) in [6.45, 7) is 4.56. The normalized spacial score (nSPS) is 20.5. The van der Waals surface area contributed by atoms with Crippen molar-refractivity contribution in [1.82, 2.24) is 0 Å². The van der Waals surface area contributed by atoms with Crippen LogP contribution in [0.15, 0.2) is 64.5 Å². The number of unbranched alkanes of at least 4 members (excludes halogenated alkanes) is 1. The first-order valence-corrected chi connectivity index (χ1v) is 9.64. The Morgan fingerprint density at radius 2 is 1.74 bits per heavy atom. The molecule has 0 amide bonds. The molecule has 3 rings (SSSR count). The second-order valence-electron chi connectivity index (χ2n) is 6.29. The smallest absolute Gasteiger partial charge is 0.0737 e. The molecule has 1 aliphatic rings. The van der Waals surface area contributed by atoms with E-state index in [0.29, 0.717) is 0 Å². The molecule has 0 aliphatic carbocycles. The standard InChI is InChI=1S/C21H25NS/c1-3-5-15-21(4-2)16-23-19-14-10-9-13-18(19)20(22-21)17-11-7-6-8-12-17/h6-14H,3-5,15-16H2,1-2H3. The third-order valence-corrected chi connectivity index (χ3v) is 6.04. The minimum absolute atomic E-state index is 0.0604. The van der Waals surface area contributed by atoms with E-state index in [2.05, 4.69) is 68.4 Å². The van der Waals surface area contributed by atoms with Crippen LogP contribution in [0.5, 0.6) is 0 Å². The second-order valence-corrected chi connectivity index (χ2v) is 7.31. The number of hydrogen-bond donors (Lipinski definition) is 0. The molecule has 1 atom stereocenters. The lowest BCUT2D eigenvalue weighted by Gasteiger charge is -2.28. The summed E-state index contributed by atoms with van der Waals surface area (Å²) in [5.41, 5.74) is 3.75. The second kappa shape index (κ2) is 7.35. The molecule has 0 radical (unpaired) electrons. The lowest BCUT2D eigenvalue weighted by atomic mass is 9.91. The van der Waals surface area contributed by atoms with E-state index in [4.69, 9.17) is 4.99 Å². The van der Waals surface area contributed by atoms with E-state index in [-0.39, 0.29) is 5.54 Å². The van der Waals surface area contributed by atoms with Gasteiger partial charge in [-0.2, -0.15) is 0 Å². The first-order chi connectivity index (χ1) is 11.3. The molecule has 2 aromatic carbocycles. The van der Waals surface area contributed by atoms with Gasteiger partial charge in [-0.25, -0.2) is 0 Å². The van der Waals surface area contributed by atoms with E-state index in [0.717, 1.165) is 12.2 Å². The Kier molecular flexibility index (Phi) is 5.22. The van der Waals surface area contributed by atoms with Gasteiger partial charge in [-0.05, 0) is 18.9 Å². The van der Waals surface area contributed by atoms with Crippen molar-refractivity contribution < 1.29 is 0 Å². The average molecular weight is 324 g/mol. The van der Waals surface area contributed by atoms with Gasteiger partial charge in [-0.3, -0.25) is 4.99 Å². The maximum atomic E-state index is 5.37. The highest BCUT2D eigenvalue weighted by molar-refractivity contribution is 7.99. The van der Waals surface area contributed by atoms with Crippen molar-refractivity contribution in [3.8, 4) is 0 Å². The summed E-state index contributed by atoms with van der Waals surface area (Å²) in [6.07, 6.45) is 4.76. The molecular weight excluding hydrogens is 298 g/mol. The van der Waals surface area contributed by atoms with Gasteiger partial charge in [0, 0.05) is 21.8 Å². The average Bonchev–Trinajstić information content (AvgIpc) is 2.79. The molecule has 0 fully saturated rings. The van der Waals surface area contributed by atoms with Crippen LogP contribution in [0.4, 0.5) is 0 Å². The molecular formula is C21H25NS. The SMILES string of the molecule is CCCCC1(CC)CSc2ccccc2C(c2ccccc2)=N1. The van der Waals surface area contributed by atoms with E-state index in [9.17, 15) is 0 Å². The summed E-state index contributed by atoms with van der Waals surface area (Å²) < 4.78 is 0. The molecule has 2 aromatic rings. The highest BCUT2D eigenvalue weighted by Crippen LogP contribution is 2.38. The highest BCUT2D eigenvalue weighted by atomic mass is 32.2. The van der Waals surface area contributed by atoms with Crippen LogP contribution in [0.25, 0.3) is 0 Å². The number of benzene rings is 2. The van der Waals surface area contributed by atoms with Gasteiger partial charge in [0.05, 0.1) is 11.3 Å². The van der Waals surface area contributed by atoms with E-state index in [1.165, 1.54) is 41.0 Å². The molecule has 0 spiro atoms. The van der Waals surface area contributed by atoms with E-state index in [1.54, 1.807) is 0 Å². The Balaban J connectivity index is 2.12. The minimum Gasteiger partial charge on any atom is -0.277 e. The lowest BCUT2D eigenvalue weighted by Crippen LogP contribution is -2.29. The number of rotatable bonds is 5. The molecule has 0 saturated heterocycles. The van der Waals surface area contributed by atoms with E-state index >= 15 is 0 Å². The van der Waals surface area contributed by atoms with Gasteiger partial charge < -0.3 is 0 Å². The van der Waals surface area contributed by atoms with Crippen molar-refractivity contribution in [3.05, 3.63) is 65.7 Å². The number of nitrogens with zero attached hydrogens (tertiary/aromatic N) is 1. The monoisotopic (exact) mass is 323 g/mol. The maximum absolute atomic E-state index is 5.37. The van der Waals surface area contributed by atoms with Crippen LogP contribution in [0.1, 0.15) is 50.7 Å². The Morgan fingerprint density at radius 1 is 1.00 bits per heavy atom. The van der Waals surface area contributed by atoms with Gasteiger partial charge >= 0.3 is 0 Å². The predicted octanol–water partition coefficient (Wildman–Crippen LogP) is 5.97. The first kappa shape index (κ1) is 16.3. The third kappa shape index (κ3) is 3.53. The zero-order chi connectivity index (χ0) is 16.1. The van der Waals surface area contributed by atoms with Gasteiger partial charge in [0.15, 0.2) is 0 Å². The molecule has 1 heterocycles. The largest absolute Gasteiger partial charge is 0.277 e. The van der Waals surface area contributed by atoms with Gasteiger partial charge in [-0.15, -0.1) is 11.8 Å². The lowest BCUT2D eigenvalue weighted by molar-refractivity contribution is 0.415. The van der Waals surface area contributed by atoms with E-state index < -0.39 is 0 Å². The Morgan fingerprint density at radius 3 is 2.48 bits per heavy atom. The minimum atomic E-state index is 0.0604. The van der Waals surface area contributed by atoms with Crippen molar-refractivity contribution in [2.24, 2.45) is 4.99 Å². The van der Waals surface area contributed by atoms with Crippen molar-refractivity contribution in [2.75, 3.05) is 5.75 Å². The molecule has 1 aliphatic heterocycles. The van der Waals surface area contributed by atoms with E-state index in [1.807, 2.05) is 11.8 Å². The van der Waals surface area contributed by atoms with Crippen molar-refractivity contribution in [1.29, 1.82) is 0 Å². The fraction of sp³-hybridized carbons (Fsp3) is 0.381. The van der Waals surface area contributed by atoms with Crippen LogP contribution >= 0.6 is 11.8 Å². The molecule has 23 heavy (non-hydrogen) atoms. The van der Waals surface area contributed by atoms with Crippen molar-refractivity contribution in [3.63, 3.8) is 0 Å². The maximum Gasteiger partial charge on any atom is 0.0737 e. The summed E-state index contributed by atoms with van der Waals surface area (Å²) >= 11 is 1.98. The summed E-state index contributed by atoms with van der Waals surface area (Å²) in [5, 5.41) is 0. The zero-order valence-corrected chi connectivity index (χ0v) is 14.9. The summed E-state index contributed by atoms with van der Waals surface area (Å²) in [6, 6.07) is 19.4. The molecule has 0 aromatic heterocycles. The van der Waals surface area contributed by atoms with Crippen LogP contribution in [-0.2, 0) is 0 Å². The first-order valence-electron chi connectivity index (χ1n) is 8.65. The fourth-order valence-corrected chi connectivity index (χ4v) is 4.47. The predicted molar refractivity (Wildman–Crippen MR) is 102 cm³/mol. The molecule has 0 saturated carbocycles. The molecule has 2 heteroatoms. The number of hydrogen-bond acceptors (Lipinski definition) is 2. The van der Waals surface area contributed by atoms with Crippen LogP contribution in [0, 0.1) is 0 Å². The highest BCUT2D eigenvalue weighted by Gasteiger charge is 2.31. The van der Waals surface area contributed by atoms with Crippen LogP contribution in [0.2, 0.25) is 0 Å². The molecule has 120 valence electrons. The third-order valence-electron chi connectivity index (χ3n) is 4.69. The van der Waals surface area contributed by atoms with Crippen LogP contribution in [-0.4, -0.2) is 17.0 Å². The molecule has 1 nitrogen and oxygen atoms in total. The Bertz CT molecular complexity index is 677. The van der Waals surface area contributed by atoms with Gasteiger partial charge in [0.25, 0.3) is 0 Å². The quantitative estimate of drug-likeness (QED) is 0.660. The number of fused-ring (bicyclic) bond motifs is 1. The van der Waals surface area contributed by atoms with Gasteiger partial charge in [0.1, 0.15) is 0 Å². The Labute approximate surface area is 144 Å². The molecule has 0 N–H and O–H groups in total. The van der Waals surface area contributed by atoms with Crippen molar-refractivity contribution >= 4 is 17.5 Å². The molecule has 1 unspecified atom stereocenters. The van der Waals surface area contributed by atoms with Gasteiger partial charge in [0.2, 0.25) is 0 Å². The summed E-state index contributed by atoms with van der Waals surface area (Å²) in [7, 11) is 0. The summed E-state index contributed by atoms with van der Waals surface area (Å²) in [4.78, 5) is 6.73. The van der Waals surface area contributed by atoms with Gasteiger partial charge in [-0.1, -0.05) is 75.2 Å². The Hall–Kier alpha value is -1.54. The molecule has 0 bridgehead atoms. The van der Waals surface area contributed by atoms with Crippen molar-refractivity contribution in [2.45, 2.75) is 50.0 Å².